The number of ether oxygens (including phenoxy) is 1. The number of rotatable bonds is 2. The number of carboxylic acids is 1. The summed E-state index contributed by atoms with van der Waals surface area (Å²) in [5, 5.41) is 9.51. The Labute approximate surface area is 95.0 Å². The minimum atomic E-state index is -0.746. The van der Waals surface area contributed by atoms with Gasteiger partial charge in [-0.05, 0) is 30.9 Å². The van der Waals surface area contributed by atoms with Crippen LogP contribution >= 0.6 is 0 Å². The van der Waals surface area contributed by atoms with E-state index in [2.05, 4.69) is 0 Å². The molecular formula is C13H16O3. The van der Waals surface area contributed by atoms with Crippen LogP contribution in [0.4, 0.5) is 0 Å². The van der Waals surface area contributed by atoms with Gasteiger partial charge in [0.15, 0.2) is 0 Å². The maximum absolute atomic E-state index is 11.6. The molecule has 1 aliphatic heterocycles. The van der Waals surface area contributed by atoms with E-state index < -0.39 is 11.4 Å². The van der Waals surface area contributed by atoms with E-state index in [0.717, 1.165) is 11.1 Å². The van der Waals surface area contributed by atoms with E-state index in [1.165, 1.54) is 0 Å². The van der Waals surface area contributed by atoms with Gasteiger partial charge in [-0.1, -0.05) is 24.3 Å². The van der Waals surface area contributed by atoms with E-state index >= 15 is 0 Å². The molecule has 0 unspecified atom stereocenters. The summed E-state index contributed by atoms with van der Waals surface area (Å²) >= 11 is 0. The van der Waals surface area contributed by atoms with E-state index in [9.17, 15) is 9.90 Å². The van der Waals surface area contributed by atoms with E-state index in [4.69, 9.17) is 4.74 Å². The maximum atomic E-state index is 11.6. The van der Waals surface area contributed by atoms with Crippen molar-refractivity contribution in [2.45, 2.75) is 25.2 Å². The predicted molar refractivity (Wildman–Crippen MR) is 60.5 cm³/mol. The maximum Gasteiger partial charge on any atom is 0.314 e. The Kier molecular flexibility index (Phi) is 2.97. The molecule has 1 heterocycles. The number of aliphatic carboxylic acids is 1. The van der Waals surface area contributed by atoms with Crippen molar-refractivity contribution in [3.05, 3.63) is 35.4 Å². The number of aryl methyl sites for hydroxylation is 1. The molecule has 16 heavy (non-hydrogen) atoms. The Balaban J connectivity index is 2.47. The second kappa shape index (κ2) is 4.26. The summed E-state index contributed by atoms with van der Waals surface area (Å²) in [7, 11) is 0. The smallest absolute Gasteiger partial charge is 0.314 e. The van der Waals surface area contributed by atoms with Gasteiger partial charge in [-0.3, -0.25) is 4.79 Å². The van der Waals surface area contributed by atoms with E-state index in [-0.39, 0.29) is 0 Å². The summed E-state index contributed by atoms with van der Waals surface area (Å²) in [5.74, 6) is -0.731. The highest BCUT2D eigenvalue weighted by molar-refractivity contribution is 5.82. The molecule has 1 saturated heterocycles. The highest BCUT2D eigenvalue weighted by atomic mass is 16.5. The first-order valence-electron chi connectivity index (χ1n) is 5.54. The molecule has 1 aromatic rings. The molecule has 0 atom stereocenters. The van der Waals surface area contributed by atoms with Gasteiger partial charge in [0, 0.05) is 13.2 Å². The Morgan fingerprint density at radius 3 is 2.50 bits per heavy atom. The summed E-state index contributed by atoms with van der Waals surface area (Å²) in [6.07, 6.45) is 1.13. The first kappa shape index (κ1) is 11.1. The van der Waals surface area contributed by atoms with Crippen molar-refractivity contribution in [1.82, 2.24) is 0 Å². The first-order chi connectivity index (χ1) is 7.67. The number of hydrogen-bond donors (Lipinski definition) is 1. The van der Waals surface area contributed by atoms with Gasteiger partial charge >= 0.3 is 5.97 Å². The van der Waals surface area contributed by atoms with Crippen molar-refractivity contribution in [3.63, 3.8) is 0 Å². The van der Waals surface area contributed by atoms with Crippen molar-refractivity contribution in [1.29, 1.82) is 0 Å². The topological polar surface area (TPSA) is 46.5 Å². The van der Waals surface area contributed by atoms with Crippen LogP contribution in [-0.4, -0.2) is 24.3 Å². The summed E-state index contributed by atoms with van der Waals surface area (Å²) in [5.41, 5.74) is 1.24. The van der Waals surface area contributed by atoms with E-state index in [0.29, 0.717) is 26.1 Å². The molecule has 1 aromatic carbocycles. The Morgan fingerprint density at radius 1 is 1.31 bits per heavy atom. The standard InChI is InChI=1S/C13H16O3/c1-10-4-2-3-5-11(10)13(12(14)15)6-8-16-9-7-13/h2-5H,6-9H2,1H3,(H,14,15). The van der Waals surface area contributed by atoms with Crippen molar-refractivity contribution >= 4 is 5.97 Å². The lowest BCUT2D eigenvalue weighted by Crippen LogP contribution is -2.41. The van der Waals surface area contributed by atoms with Crippen LogP contribution < -0.4 is 0 Å². The molecule has 86 valence electrons. The third kappa shape index (κ3) is 1.71. The van der Waals surface area contributed by atoms with Crippen molar-refractivity contribution in [2.75, 3.05) is 13.2 Å². The van der Waals surface area contributed by atoms with Crippen LogP contribution in [0.3, 0.4) is 0 Å². The normalized spacial score (nSPS) is 19.3. The second-order valence-electron chi connectivity index (χ2n) is 4.31. The number of carbonyl (C=O) groups is 1. The molecule has 1 fully saturated rings. The monoisotopic (exact) mass is 220 g/mol. The van der Waals surface area contributed by atoms with Crippen LogP contribution in [-0.2, 0) is 14.9 Å². The van der Waals surface area contributed by atoms with E-state index in [1.54, 1.807) is 0 Å². The lowest BCUT2D eigenvalue weighted by atomic mass is 9.72. The van der Waals surface area contributed by atoms with Crippen molar-refractivity contribution < 1.29 is 14.6 Å². The SMILES string of the molecule is Cc1ccccc1C1(C(=O)O)CCOCC1. The second-order valence-corrected chi connectivity index (χ2v) is 4.31. The van der Waals surface area contributed by atoms with Gasteiger partial charge in [0.25, 0.3) is 0 Å². The molecule has 0 bridgehead atoms. The molecule has 0 saturated carbocycles. The average Bonchev–Trinajstić information content (AvgIpc) is 2.30. The van der Waals surface area contributed by atoms with Gasteiger partial charge in [0.05, 0.1) is 5.41 Å². The Hall–Kier alpha value is -1.35. The molecule has 3 nitrogen and oxygen atoms in total. The third-order valence-electron chi connectivity index (χ3n) is 3.42. The van der Waals surface area contributed by atoms with Gasteiger partial charge in [0.2, 0.25) is 0 Å². The van der Waals surface area contributed by atoms with Crippen LogP contribution in [0, 0.1) is 6.92 Å². The summed E-state index contributed by atoms with van der Waals surface area (Å²) < 4.78 is 5.27. The van der Waals surface area contributed by atoms with Gasteiger partial charge in [0.1, 0.15) is 0 Å². The molecule has 1 N–H and O–H groups in total. The number of carboxylic acid groups (broad SMARTS) is 1. The summed E-state index contributed by atoms with van der Waals surface area (Å²) in [4.78, 5) is 11.6. The van der Waals surface area contributed by atoms with Gasteiger partial charge < -0.3 is 9.84 Å². The van der Waals surface area contributed by atoms with Crippen LogP contribution in [0.25, 0.3) is 0 Å². The minimum absolute atomic E-state index is 0.528. The first-order valence-corrected chi connectivity index (χ1v) is 5.54. The predicted octanol–water partition coefficient (Wildman–Crippen LogP) is 2.13. The van der Waals surface area contributed by atoms with Crippen LogP contribution in [0.1, 0.15) is 24.0 Å². The zero-order chi connectivity index (χ0) is 11.6. The van der Waals surface area contributed by atoms with E-state index in [1.807, 2.05) is 31.2 Å². The number of benzene rings is 1. The molecule has 1 aliphatic rings. The highest BCUT2D eigenvalue weighted by Gasteiger charge is 2.42. The zero-order valence-corrected chi connectivity index (χ0v) is 9.40. The lowest BCUT2D eigenvalue weighted by molar-refractivity contribution is -0.147. The number of hydrogen-bond acceptors (Lipinski definition) is 2. The molecule has 0 radical (unpaired) electrons. The fourth-order valence-electron chi connectivity index (χ4n) is 2.43. The van der Waals surface area contributed by atoms with Gasteiger partial charge in [-0.2, -0.15) is 0 Å². The third-order valence-corrected chi connectivity index (χ3v) is 3.42. The molecule has 2 rings (SSSR count). The molecule has 0 aromatic heterocycles. The van der Waals surface area contributed by atoms with Crippen molar-refractivity contribution in [3.8, 4) is 0 Å². The summed E-state index contributed by atoms with van der Waals surface area (Å²) in [6, 6.07) is 7.74. The van der Waals surface area contributed by atoms with Gasteiger partial charge in [-0.25, -0.2) is 0 Å². The zero-order valence-electron chi connectivity index (χ0n) is 9.40. The molecule has 0 aliphatic carbocycles. The minimum Gasteiger partial charge on any atom is -0.481 e. The van der Waals surface area contributed by atoms with Crippen molar-refractivity contribution in [2.24, 2.45) is 0 Å². The average molecular weight is 220 g/mol. The largest absolute Gasteiger partial charge is 0.481 e. The molecule has 3 heteroatoms. The quantitative estimate of drug-likeness (QED) is 0.830. The molecule has 0 spiro atoms. The lowest BCUT2D eigenvalue weighted by Gasteiger charge is -2.34. The molecular weight excluding hydrogens is 204 g/mol. The Bertz CT molecular complexity index is 392. The fraction of sp³-hybridized carbons (Fsp3) is 0.462. The van der Waals surface area contributed by atoms with Crippen LogP contribution in [0.5, 0.6) is 0 Å². The van der Waals surface area contributed by atoms with Crippen LogP contribution in [0.2, 0.25) is 0 Å². The summed E-state index contributed by atoms with van der Waals surface area (Å²) in [6.45, 7) is 3.02. The highest BCUT2D eigenvalue weighted by Crippen LogP contribution is 2.36. The van der Waals surface area contributed by atoms with Crippen LogP contribution in [0.15, 0.2) is 24.3 Å². The van der Waals surface area contributed by atoms with Gasteiger partial charge in [-0.15, -0.1) is 0 Å². The fourth-order valence-corrected chi connectivity index (χ4v) is 2.43. The Morgan fingerprint density at radius 2 is 1.94 bits per heavy atom. The molecule has 0 amide bonds.